The van der Waals surface area contributed by atoms with E-state index in [1.807, 2.05) is 65.6 Å². The van der Waals surface area contributed by atoms with Gasteiger partial charge in [0.15, 0.2) is 0 Å². The van der Waals surface area contributed by atoms with Crippen molar-refractivity contribution >= 4 is 5.97 Å². The minimum absolute atomic E-state index is 0.161. The van der Waals surface area contributed by atoms with Crippen LogP contribution in [-0.4, -0.2) is 28.2 Å². The van der Waals surface area contributed by atoms with E-state index in [-0.39, 0.29) is 6.54 Å². The van der Waals surface area contributed by atoms with E-state index in [1.54, 1.807) is 0 Å². The van der Waals surface area contributed by atoms with Crippen LogP contribution in [0.1, 0.15) is 18.1 Å². The van der Waals surface area contributed by atoms with E-state index in [2.05, 4.69) is 0 Å². The maximum absolute atomic E-state index is 14.2. The predicted octanol–water partition coefficient (Wildman–Crippen LogP) is 3.50. The SMILES string of the molecule is C[C@](F)(CN(Cc1ccccc1)Cc1ccccc1)C(=O)O. The molecule has 2 aromatic carbocycles. The number of hydrogen-bond acceptors (Lipinski definition) is 2. The first-order chi connectivity index (χ1) is 10.5. The second-order valence-corrected chi connectivity index (χ2v) is 5.62. The maximum atomic E-state index is 14.2. The van der Waals surface area contributed by atoms with Gasteiger partial charge in [-0.2, -0.15) is 0 Å². The Morgan fingerprint density at radius 2 is 1.41 bits per heavy atom. The van der Waals surface area contributed by atoms with Crippen molar-refractivity contribution in [2.75, 3.05) is 6.54 Å². The standard InChI is InChI=1S/C18H20FNO2/c1-18(19,17(21)22)14-20(12-15-8-4-2-5-9-15)13-16-10-6-3-7-11-16/h2-11H,12-14H2,1H3,(H,21,22)/t18-/m0/s1. The highest BCUT2D eigenvalue weighted by molar-refractivity contribution is 5.77. The summed E-state index contributed by atoms with van der Waals surface area (Å²) < 4.78 is 14.2. The molecule has 116 valence electrons. The van der Waals surface area contributed by atoms with Crippen molar-refractivity contribution in [3.05, 3.63) is 71.8 Å². The molecule has 2 aromatic rings. The van der Waals surface area contributed by atoms with Crippen molar-refractivity contribution in [2.24, 2.45) is 0 Å². The summed E-state index contributed by atoms with van der Waals surface area (Å²) in [4.78, 5) is 12.9. The van der Waals surface area contributed by atoms with Crippen LogP contribution in [0.3, 0.4) is 0 Å². The maximum Gasteiger partial charge on any atom is 0.342 e. The molecular weight excluding hydrogens is 281 g/mol. The Bertz CT molecular complexity index is 557. The molecule has 0 saturated carbocycles. The Labute approximate surface area is 130 Å². The number of alkyl halides is 1. The van der Waals surface area contributed by atoms with Crippen LogP contribution in [0.2, 0.25) is 0 Å². The lowest BCUT2D eigenvalue weighted by molar-refractivity contribution is -0.151. The Hall–Kier alpha value is -2.20. The van der Waals surface area contributed by atoms with Crippen molar-refractivity contribution in [1.29, 1.82) is 0 Å². The van der Waals surface area contributed by atoms with Crippen molar-refractivity contribution in [3.63, 3.8) is 0 Å². The normalized spacial score (nSPS) is 13.8. The van der Waals surface area contributed by atoms with Gasteiger partial charge in [-0.25, -0.2) is 9.18 Å². The number of benzene rings is 2. The fourth-order valence-corrected chi connectivity index (χ4v) is 2.34. The van der Waals surface area contributed by atoms with E-state index in [0.717, 1.165) is 18.1 Å². The number of nitrogens with zero attached hydrogens (tertiary/aromatic N) is 1. The Kier molecular flexibility index (Phi) is 5.28. The van der Waals surface area contributed by atoms with Crippen LogP contribution in [-0.2, 0) is 17.9 Å². The Morgan fingerprint density at radius 1 is 1.00 bits per heavy atom. The average molecular weight is 301 g/mol. The lowest BCUT2D eigenvalue weighted by Gasteiger charge is -2.27. The number of halogens is 1. The molecular formula is C18H20FNO2. The third-order valence-corrected chi connectivity index (χ3v) is 3.46. The molecule has 0 spiro atoms. The lowest BCUT2D eigenvalue weighted by atomic mass is 10.1. The molecule has 0 bridgehead atoms. The molecule has 0 fully saturated rings. The summed E-state index contributed by atoms with van der Waals surface area (Å²) >= 11 is 0. The molecule has 0 aromatic heterocycles. The van der Waals surface area contributed by atoms with Gasteiger partial charge in [-0.1, -0.05) is 60.7 Å². The van der Waals surface area contributed by atoms with Crippen molar-refractivity contribution in [1.82, 2.24) is 4.90 Å². The molecule has 1 atom stereocenters. The number of aliphatic carboxylic acids is 1. The quantitative estimate of drug-likeness (QED) is 0.851. The van der Waals surface area contributed by atoms with Crippen molar-refractivity contribution in [3.8, 4) is 0 Å². The lowest BCUT2D eigenvalue weighted by Crippen LogP contribution is -2.42. The highest BCUT2D eigenvalue weighted by atomic mass is 19.1. The van der Waals surface area contributed by atoms with Gasteiger partial charge in [0.2, 0.25) is 5.67 Å². The number of carboxylic acids is 1. The first-order valence-corrected chi connectivity index (χ1v) is 7.20. The molecule has 0 radical (unpaired) electrons. The van der Waals surface area contributed by atoms with Crippen LogP contribution in [0, 0.1) is 0 Å². The molecule has 3 nitrogen and oxygen atoms in total. The first kappa shape index (κ1) is 16.2. The van der Waals surface area contributed by atoms with Gasteiger partial charge in [-0.15, -0.1) is 0 Å². The fraction of sp³-hybridized carbons (Fsp3) is 0.278. The third kappa shape index (κ3) is 4.67. The molecule has 22 heavy (non-hydrogen) atoms. The van der Waals surface area contributed by atoms with Crippen LogP contribution in [0.4, 0.5) is 4.39 Å². The monoisotopic (exact) mass is 301 g/mol. The van der Waals surface area contributed by atoms with Crippen molar-refractivity contribution in [2.45, 2.75) is 25.7 Å². The summed E-state index contributed by atoms with van der Waals surface area (Å²) in [6, 6.07) is 19.3. The van der Waals surface area contributed by atoms with Crippen molar-refractivity contribution < 1.29 is 14.3 Å². The summed E-state index contributed by atoms with van der Waals surface area (Å²) in [7, 11) is 0. The Morgan fingerprint density at radius 3 is 1.77 bits per heavy atom. The number of rotatable bonds is 7. The number of carboxylic acid groups (broad SMARTS) is 1. The van der Waals surface area contributed by atoms with Gasteiger partial charge < -0.3 is 5.11 Å². The van der Waals surface area contributed by atoms with Gasteiger partial charge in [0.1, 0.15) is 0 Å². The highest BCUT2D eigenvalue weighted by Gasteiger charge is 2.35. The Balaban J connectivity index is 2.15. The summed E-state index contributed by atoms with van der Waals surface area (Å²) in [5, 5.41) is 9.02. The largest absolute Gasteiger partial charge is 0.479 e. The first-order valence-electron chi connectivity index (χ1n) is 7.20. The molecule has 0 heterocycles. The van der Waals surface area contributed by atoms with E-state index in [4.69, 9.17) is 5.11 Å². The summed E-state index contributed by atoms with van der Waals surface area (Å²) in [6.45, 7) is 1.95. The van der Waals surface area contributed by atoms with E-state index >= 15 is 0 Å². The van der Waals surface area contributed by atoms with Gasteiger partial charge in [0, 0.05) is 19.6 Å². The fourth-order valence-electron chi connectivity index (χ4n) is 2.34. The minimum Gasteiger partial charge on any atom is -0.479 e. The molecule has 0 aliphatic heterocycles. The molecule has 4 heteroatoms. The van der Waals surface area contributed by atoms with Gasteiger partial charge in [0.05, 0.1) is 0 Å². The highest BCUT2D eigenvalue weighted by Crippen LogP contribution is 2.17. The molecule has 2 rings (SSSR count). The molecule has 0 aliphatic carbocycles. The average Bonchev–Trinajstić information content (AvgIpc) is 2.48. The molecule has 0 saturated heterocycles. The van der Waals surface area contributed by atoms with Gasteiger partial charge in [-0.05, 0) is 18.1 Å². The zero-order valence-corrected chi connectivity index (χ0v) is 12.6. The van der Waals surface area contributed by atoms with Crippen LogP contribution in [0.15, 0.2) is 60.7 Å². The predicted molar refractivity (Wildman–Crippen MR) is 84.1 cm³/mol. The molecule has 1 N–H and O–H groups in total. The van der Waals surface area contributed by atoms with Crippen LogP contribution in [0.25, 0.3) is 0 Å². The van der Waals surface area contributed by atoms with Crippen LogP contribution in [0.5, 0.6) is 0 Å². The summed E-state index contributed by atoms with van der Waals surface area (Å²) in [5.41, 5.74) is -0.219. The minimum atomic E-state index is -2.27. The summed E-state index contributed by atoms with van der Waals surface area (Å²) in [5.74, 6) is -1.43. The van der Waals surface area contributed by atoms with Gasteiger partial charge >= 0.3 is 5.97 Å². The van der Waals surface area contributed by atoms with Crippen LogP contribution >= 0.6 is 0 Å². The van der Waals surface area contributed by atoms with E-state index in [1.165, 1.54) is 0 Å². The van der Waals surface area contributed by atoms with E-state index in [0.29, 0.717) is 13.1 Å². The number of carbonyl (C=O) groups is 1. The third-order valence-electron chi connectivity index (χ3n) is 3.46. The molecule has 0 unspecified atom stereocenters. The molecule has 0 aliphatic rings. The van der Waals surface area contributed by atoms with Gasteiger partial charge in [-0.3, -0.25) is 4.90 Å². The van der Waals surface area contributed by atoms with E-state index in [9.17, 15) is 9.18 Å². The number of hydrogen-bond donors (Lipinski definition) is 1. The zero-order valence-electron chi connectivity index (χ0n) is 12.6. The topological polar surface area (TPSA) is 40.5 Å². The smallest absolute Gasteiger partial charge is 0.342 e. The van der Waals surface area contributed by atoms with Crippen LogP contribution < -0.4 is 0 Å². The molecule has 0 amide bonds. The van der Waals surface area contributed by atoms with E-state index < -0.39 is 11.6 Å². The second-order valence-electron chi connectivity index (χ2n) is 5.62. The zero-order chi connectivity index (χ0) is 16.0. The summed E-state index contributed by atoms with van der Waals surface area (Å²) in [6.07, 6.45) is 0. The van der Waals surface area contributed by atoms with Gasteiger partial charge in [0.25, 0.3) is 0 Å². The second kappa shape index (κ2) is 7.18.